The molecule has 0 heterocycles. The molecule has 0 radical (unpaired) electrons. The van der Waals surface area contributed by atoms with E-state index in [0.717, 1.165) is 16.8 Å². The fourth-order valence-corrected chi connectivity index (χ4v) is 1.82. The van der Waals surface area contributed by atoms with Crippen LogP contribution in [0.5, 0.6) is 11.5 Å². The van der Waals surface area contributed by atoms with E-state index in [1.54, 1.807) is 13.2 Å². The Morgan fingerprint density at radius 3 is 2.53 bits per heavy atom. The van der Waals surface area contributed by atoms with Crippen molar-refractivity contribution in [3.63, 3.8) is 0 Å². The van der Waals surface area contributed by atoms with Gasteiger partial charge >= 0.3 is 0 Å². The summed E-state index contributed by atoms with van der Waals surface area (Å²) in [5.41, 5.74) is 2.69. The van der Waals surface area contributed by atoms with Gasteiger partial charge in [-0.15, -0.1) is 0 Å². The van der Waals surface area contributed by atoms with Crippen LogP contribution in [-0.2, 0) is 6.54 Å². The number of nitrogens with zero attached hydrogens (tertiary/aromatic N) is 1. The van der Waals surface area contributed by atoms with Gasteiger partial charge in [0.2, 0.25) is 0 Å². The van der Waals surface area contributed by atoms with Crippen LogP contribution in [0.25, 0.3) is 0 Å². The molecule has 0 spiro atoms. The first kappa shape index (κ1) is 13.1. The molecule has 98 valence electrons. The van der Waals surface area contributed by atoms with Gasteiger partial charge in [-0.05, 0) is 24.6 Å². The predicted molar refractivity (Wildman–Crippen MR) is 77.0 cm³/mol. The van der Waals surface area contributed by atoms with Crippen molar-refractivity contribution < 1.29 is 9.84 Å². The van der Waals surface area contributed by atoms with Crippen LogP contribution in [0.4, 0.5) is 0 Å². The number of ether oxygens (including phenoxy) is 1. The molecule has 0 atom stereocenters. The molecule has 2 aromatic rings. The monoisotopic (exact) mass is 255 g/mol. The maximum atomic E-state index is 9.93. The summed E-state index contributed by atoms with van der Waals surface area (Å²) in [5, 5.41) is 9.93. The Labute approximate surface area is 113 Å². The lowest BCUT2D eigenvalue weighted by atomic mass is 10.1. The van der Waals surface area contributed by atoms with Crippen molar-refractivity contribution in [1.29, 1.82) is 0 Å². The van der Waals surface area contributed by atoms with E-state index < -0.39 is 0 Å². The minimum atomic E-state index is 0.189. The Morgan fingerprint density at radius 2 is 1.89 bits per heavy atom. The summed E-state index contributed by atoms with van der Waals surface area (Å²) < 4.78 is 5.06. The third kappa shape index (κ3) is 3.35. The van der Waals surface area contributed by atoms with Crippen LogP contribution in [-0.4, -0.2) is 17.9 Å². The summed E-state index contributed by atoms with van der Waals surface area (Å²) in [6.45, 7) is 2.50. The number of hydrogen-bond donors (Lipinski definition) is 1. The van der Waals surface area contributed by atoms with Crippen LogP contribution >= 0.6 is 0 Å². The minimum Gasteiger partial charge on any atom is -0.507 e. The van der Waals surface area contributed by atoms with Gasteiger partial charge in [-0.25, -0.2) is 0 Å². The number of hydrogen-bond acceptors (Lipinski definition) is 3. The summed E-state index contributed by atoms with van der Waals surface area (Å²) >= 11 is 0. The second-order valence-corrected chi connectivity index (χ2v) is 4.27. The minimum absolute atomic E-state index is 0.189. The van der Waals surface area contributed by atoms with Crippen LogP contribution < -0.4 is 4.74 Å². The van der Waals surface area contributed by atoms with Gasteiger partial charge < -0.3 is 9.84 Å². The fourth-order valence-electron chi connectivity index (χ4n) is 1.82. The molecule has 0 aromatic heterocycles. The van der Waals surface area contributed by atoms with Crippen molar-refractivity contribution >= 4 is 5.71 Å². The van der Waals surface area contributed by atoms with Gasteiger partial charge in [0.25, 0.3) is 0 Å². The Hall–Kier alpha value is -2.29. The standard InChI is InChI=1S/C16H17NO2/c1-12(17-11-13-6-4-3-5-7-13)15-9-8-14(19-2)10-16(15)18/h3-10,18H,11H2,1-2H3. The number of phenolic OH excluding ortho intramolecular Hbond substituents is 1. The molecule has 0 aliphatic carbocycles. The molecule has 19 heavy (non-hydrogen) atoms. The smallest absolute Gasteiger partial charge is 0.128 e. The summed E-state index contributed by atoms with van der Waals surface area (Å²) in [4.78, 5) is 4.50. The Bertz CT molecular complexity index is 577. The number of aliphatic imine (C=N–C) groups is 1. The van der Waals surface area contributed by atoms with Crippen molar-refractivity contribution in [2.75, 3.05) is 7.11 Å². The van der Waals surface area contributed by atoms with Gasteiger partial charge in [-0.1, -0.05) is 30.3 Å². The highest BCUT2D eigenvalue weighted by Gasteiger charge is 2.05. The molecule has 0 amide bonds. The first-order valence-electron chi connectivity index (χ1n) is 6.13. The molecular weight excluding hydrogens is 238 g/mol. The zero-order valence-corrected chi connectivity index (χ0v) is 11.1. The molecule has 0 saturated heterocycles. The van der Waals surface area contributed by atoms with Crippen molar-refractivity contribution in [3.05, 3.63) is 59.7 Å². The van der Waals surface area contributed by atoms with E-state index in [1.807, 2.05) is 49.4 Å². The van der Waals surface area contributed by atoms with Gasteiger partial charge in [-0.2, -0.15) is 0 Å². The first-order chi connectivity index (χ1) is 9.20. The van der Waals surface area contributed by atoms with Gasteiger partial charge in [0.05, 0.1) is 13.7 Å². The van der Waals surface area contributed by atoms with Gasteiger partial charge in [0, 0.05) is 17.3 Å². The van der Waals surface area contributed by atoms with Crippen LogP contribution in [0.1, 0.15) is 18.1 Å². The molecule has 3 heteroatoms. The van der Waals surface area contributed by atoms with Gasteiger partial charge in [0.1, 0.15) is 11.5 Å². The Morgan fingerprint density at radius 1 is 1.16 bits per heavy atom. The van der Waals surface area contributed by atoms with Gasteiger partial charge in [0.15, 0.2) is 0 Å². The maximum absolute atomic E-state index is 9.93. The highest BCUT2D eigenvalue weighted by Crippen LogP contribution is 2.24. The maximum Gasteiger partial charge on any atom is 0.128 e. The third-order valence-electron chi connectivity index (χ3n) is 2.94. The second-order valence-electron chi connectivity index (χ2n) is 4.27. The number of methoxy groups -OCH3 is 1. The average Bonchev–Trinajstić information content (AvgIpc) is 2.45. The quantitative estimate of drug-likeness (QED) is 0.851. The average molecular weight is 255 g/mol. The van der Waals surface area contributed by atoms with E-state index in [0.29, 0.717) is 12.3 Å². The summed E-state index contributed by atoms with van der Waals surface area (Å²) in [6, 6.07) is 15.3. The van der Waals surface area contributed by atoms with Crippen LogP contribution in [0.2, 0.25) is 0 Å². The van der Waals surface area contributed by atoms with Crippen molar-refractivity contribution in [3.8, 4) is 11.5 Å². The second kappa shape index (κ2) is 6.05. The third-order valence-corrected chi connectivity index (χ3v) is 2.94. The molecule has 2 rings (SSSR count). The first-order valence-corrected chi connectivity index (χ1v) is 6.13. The normalized spacial score (nSPS) is 11.4. The molecule has 0 fully saturated rings. The van der Waals surface area contributed by atoms with Crippen LogP contribution in [0, 0.1) is 0 Å². The highest BCUT2D eigenvalue weighted by atomic mass is 16.5. The molecule has 0 aliphatic heterocycles. The SMILES string of the molecule is COc1ccc(C(C)=NCc2ccccc2)c(O)c1. The summed E-state index contributed by atoms with van der Waals surface area (Å²) in [5.74, 6) is 0.825. The van der Waals surface area contributed by atoms with Crippen molar-refractivity contribution in [2.45, 2.75) is 13.5 Å². The lowest BCUT2D eigenvalue weighted by Crippen LogP contribution is -1.97. The molecular formula is C16H17NO2. The van der Waals surface area contributed by atoms with E-state index in [2.05, 4.69) is 4.99 Å². The summed E-state index contributed by atoms with van der Waals surface area (Å²) in [6.07, 6.45) is 0. The molecule has 3 nitrogen and oxygen atoms in total. The highest BCUT2D eigenvalue weighted by molar-refractivity contribution is 6.01. The molecule has 0 saturated carbocycles. The van der Waals surface area contributed by atoms with Crippen LogP contribution in [0.3, 0.4) is 0 Å². The Balaban J connectivity index is 2.17. The molecule has 1 N–H and O–H groups in total. The van der Waals surface area contributed by atoms with Crippen molar-refractivity contribution in [1.82, 2.24) is 0 Å². The molecule has 0 aliphatic rings. The number of phenols is 1. The van der Waals surface area contributed by atoms with E-state index >= 15 is 0 Å². The number of benzene rings is 2. The zero-order valence-electron chi connectivity index (χ0n) is 11.1. The van der Waals surface area contributed by atoms with E-state index in [-0.39, 0.29) is 5.75 Å². The zero-order chi connectivity index (χ0) is 13.7. The van der Waals surface area contributed by atoms with Crippen LogP contribution in [0.15, 0.2) is 53.5 Å². The van der Waals surface area contributed by atoms with Gasteiger partial charge in [-0.3, -0.25) is 4.99 Å². The lowest BCUT2D eigenvalue weighted by molar-refractivity contribution is 0.407. The topological polar surface area (TPSA) is 41.8 Å². The fraction of sp³-hybridized carbons (Fsp3) is 0.188. The Kier molecular flexibility index (Phi) is 4.18. The number of rotatable bonds is 4. The number of aromatic hydroxyl groups is 1. The predicted octanol–water partition coefficient (Wildman–Crippen LogP) is 3.41. The molecule has 2 aromatic carbocycles. The van der Waals surface area contributed by atoms with E-state index in [4.69, 9.17) is 4.74 Å². The largest absolute Gasteiger partial charge is 0.507 e. The van der Waals surface area contributed by atoms with E-state index in [1.165, 1.54) is 0 Å². The summed E-state index contributed by atoms with van der Waals surface area (Å²) in [7, 11) is 1.57. The van der Waals surface area contributed by atoms with Crippen molar-refractivity contribution in [2.24, 2.45) is 4.99 Å². The molecule has 0 bridgehead atoms. The molecule has 0 unspecified atom stereocenters. The lowest BCUT2D eigenvalue weighted by Gasteiger charge is -2.07. The van der Waals surface area contributed by atoms with E-state index in [9.17, 15) is 5.11 Å².